The number of nitrogens with one attached hydrogen (secondary N) is 1. The van der Waals surface area contributed by atoms with Crippen LogP contribution in [0.25, 0.3) is 0 Å². The third-order valence-electron chi connectivity index (χ3n) is 2.08. The SMILES string of the molecule is NC(=O)CC[C@H](NC(=O)c1ccc(Cl)o1)C(=O)O. The quantitative estimate of drug-likeness (QED) is 0.692. The summed E-state index contributed by atoms with van der Waals surface area (Å²) in [7, 11) is 0. The third kappa shape index (κ3) is 4.10. The summed E-state index contributed by atoms with van der Waals surface area (Å²) < 4.78 is 4.82. The Kier molecular flexibility index (Phi) is 4.73. The van der Waals surface area contributed by atoms with Crippen LogP contribution in [0.5, 0.6) is 0 Å². The summed E-state index contributed by atoms with van der Waals surface area (Å²) in [6, 6.07) is 1.45. The Labute approximate surface area is 107 Å². The fraction of sp³-hybridized carbons (Fsp3) is 0.300. The summed E-state index contributed by atoms with van der Waals surface area (Å²) in [6.07, 6.45) is -0.235. The lowest BCUT2D eigenvalue weighted by atomic mass is 10.1. The summed E-state index contributed by atoms with van der Waals surface area (Å²) in [4.78, 5) is 33.0. The molecule has 1 rings (SSSR count). The van der Waals surface area contributed by atoms with Gasteiger partial charge in [-0.15, -0.1) is 0 Å². The first-order valence-electron chi connectivity index (χ1n) is 4.97. The maximum Gasteiger partial charge on any atom is 0.326 e. The number of nitrogens with two attached hydrogens (primary N) is 1. The van der Waals surface area contributed by atoms with E-state index in [1.807, 2.05) is 0 Å². The summed E-state index contributed by atoms with van der Waals surface area (Å²) in [5.74, 6) is -2.73. The number of hydrogen-bond acceptors (Lipinski definition) is 4. The molecule has 0 fully saturated rings. The number of aliphatic carboxylic acids is 1. The highest BCUT2D eigenvalue weighted by Gasteiger charge is 2.22. The molecule has 1 aromatic rings. The number of furan rings is 1. The molecule has 0 saturated carbocycles. The monoisotopic (exact) mass is 274 g/mol. The molecule has 0 bridgehead atoms. The second-order valence-corrected chi connectivity index (χ2v) is 3.85. The molecule has 0 aliphatic carbocycles. The molecule has 2 amide bonds. The molecule has 8 heteroatoms. The Bertz CT molecular complexity index is 471. The highest BCUT2D eigenvalue weighted by atomic mass is 35.5. The molecular formula is C10H11ClN2O5. The van der Waals surface area contributed by atoms with E-state index in [0.29, 0.717) is 0 Å². The van der Waals surface area contributed by atoms with Crippen molar-refractivity contribution in [3.05, 3.63) is 23.1 Å². The van der Waals surface area contributed by atoms with Crippen LogP contribution in [-0.4, -0.2) is 28.9 Å². The molecule has 4 N–H and O–H groups in total. The molecule has 0 aliphatic rings. The summed E-state index contributed by atoms with van der Waals surface area (Å²) >= 11 is 5.48. The first-order valence-corrected chi connectivity index (χ1v) is 5.35. The lowest BCUT2D eigenvalue weighted by Crippen LogP contribution is -2.41. The number of primary amides is 1. The smallest absolute Gasteiger partial charge is 0.326 e. The lowest BCUT2D eigenvalue weighted by molar-refractivity contribution is -0.139. The van der Waals surface area contributed by atoms with E-state index in [1.165, 1.54) is 12.1 Å². The number of hydrogen-bond donors (Lipinski definition) is 3. The molecule has 1 heterocycles. The maximum absolute atomic E-state index is 11.6. The average molecular weight is 275 g/mol. The van der Waals surface area contributed by atoms with Gasteiger partial charge in [0, 0.05) is 6.42 Å². The Balaban J connectivity index is 2.63. The molecule has 0 radical (unpaired) electrons. The van der Waals surface area contributed by atoms with Crippen molar-refractivity contribution in [2.45, 2.75) is 18.9 Å². The number of carboxylic acid groups (broad SMARTS) is 1. The number of carbonyl (C=O) groups is 3. The molecule has 0 unspecified atom stereocenters. The first-order chi connectivity index (χ1) is 8.40. The summed E-state index contributed by atoms with van der Waals surface area (Å²) in [5.41, 5.74) is 4.91. The molecular weight excluding hydrogens is 264 g/mol. The van der Waals surface area contributed by atoms with Gasteiger partial charge in [-0.05, 0) is 30.2 Å². The van der Waals surface area contributed by atoms with Crippen molar-refractivity contribution in [2.75, 3.05) is 0 Å². The standard InChI is InChI=1S/C10H11ClN2O5/c11-7-3-2-6(18-7)9(15)13-5(10(16)17)1-4-8(12)14/h2-3,5H,1,4H2,(H2,12,14)(H,13,15)(H,16,17)/t5-/m0/s1. The molecule has 7 nitrogen and oxygen atoms in total. The molecule has 1 aromatic heterocycles. The van der Waals surface area contributed by atoms with Gasteiger partial charge in [-0.25, -0.2) is 4.79 Å². The second kappa shape index (κ2) is 6.06. The topological polar surface area (TPSA) is 123 Å². The zero-order chi connectivity index (χ0) is 13.7. The van der Waals surface area contributed by atoms with Crippen LogP contribution in [0, 0.1) is 0 Å². The van der Waals surface area contributed by atoms with Crippen LogP contribution in [0.4, 0.5) is 0 Å². The minimum absolute atomic E-state index is 0.0177. The van der Waals surface area contributed by atoms with E-state index in [1.54, 1.807) is 0 Å². The molecule has 0 saturated heterocycles. The van der Waals surface area contributed by atoms with E-state index >= 15 is 0 Å². The zero-order valence-electron chi connectivity index (χ0n) is 9.18. The predicted octanol–water partition coefficient (Wildman–Crippen LogP) is 0.381. The predicted molar refractivity (Wildman–Crippen MR) is 61.0 cm³/mol. The fourth-order valence-corrected chi connectivity index (χ4v) is 1.36. The van der Waals surface area contributed by atoms with Gasteiger partial charge in [0.05, 0.1) is 0 Å². The van der Waals surface area contributed by atoms with Crippen LogP contribution in [-0.2, 0) is 9.59 Å². The van der Waals surface area contributed by atoms with Gasteiger partial charge in [0.15, 0.2) is 11.0 Å². The van der Waals surface area contributed by atoms with Gasteiger partial charge >= 0.3 is 5.97 Å². The number of amides is 2. The van der Waals surface area contributed by atoms with E-state index in [-0.39, 0.29) is 23.8 Å². The first kappa shape index (κ1) is 14.0. The van der Waals surface area contributed by atoms with Crippen molar-refractivity contribution in [3.8, 4) is 0 Å². The van der Waals surface area contributed by atoms with E-state index in [9.17, 15) is 14.4 Å². The minimum Gasteiger partial charge on any atom is -0.480 e. The Morgan fingerprint density at radius 1 is 1.44 bits per heavy atom. The van der Waals surface area contributed by atoms with Crippen molar-refractivity contribution in [1.82, 2.24) is 5.32 Å². The van der Waals surface area contributed by atoms with Gasteiger partial charge < -0.3 is 20.6 Å². The molecule has 0 aliphatic heterocycles. The van der Waals surface area contributed by atoms with Gasteiger partial charge in [0.1, 0.15) is 6.04 Å². The van der Waals surface area contributed by atoms with Gasteiger partial charge in [-0.3, -0.25) is 9.59 Å². The van der Waals surface area contributed by atoms with E-state index in [2.05, 4.69) is 5.32 Å². The normalized spacial score (nSPS) is 11.8. The Morgan fingerprint density at radius 2 is 2.11 bits per heavy atom. The second-order valence-electron chi connectivity index (χ2n) is 3.47. The summed E-state index contributed by atoms with van der Waals surface area (Å²) in [6.45, 7) is 0. The van der Waals surface area contributed by atoms with Crippen LogP contribution in [0.3, 0.4) is 0 Å². The molecule has 98 valence electrons. The van der Waals surface area contributed by atoms with Gasteiger partial charge in [-0.1, -0.05) is 0 Å². The van der Waals surface area contributed by atoms with Gasteiger partial charge in [-0.2, -0.15) is 0 Å². The van der Waals surface area contributed by atoms with E-state index in [0.717, 1.165) is 0 Å². The zero-order valence-corrected chi connectivity index (χ0v) is 9.94. The van der Waals surface area contributed by atoms with E-state index < -0.39 is 23.8 Å². The Morgan fingerprint density at radius 3 is 2.56 bits per heavy atom. The van der Waals surface area contributed by atoms with Crippen LogP contribution < -0.4 is 11.1 Å². The van der Waals surface area contributed by atoms with Crippen molar-refractivity contribution in [2.24, 2.45) is 5.73 Å². The van der Waals surface area contributed by atoms with Crippen molar-refractivity contribution >= 4 is 29.4 Å². The summed E-state index contributed by atoms with van der Waals surface area (Å²) in [5, 5.41) is 11.1. The Hall–Kier alpha value is -2.02. The average Bonchev–Trinajstić information content (AvgIpc) is 2.70. The molecule has 1 atom stereocenters. The molecule has 0 spiro atoms. The van der Waals surface area contributed by atoms with Crippen LogP contribution >= 0.6 is 11.6 Å². The maximum atomic E-state index is 11.6. The van der Waals surface area contributed by atoms with E-state index in [4.69, 9.17) is 26.9 Å². The largest absolute Gasteiger partial charge is 0.480 e. The minimum atomic E-state index is -1.26. The lowest BCUT2D eigenvalue weighted by Gasteiger charge is -2.12. The van der Waals surface area contributed by atoms with Crippen molar-refractivity contribution in [3.63, 3.8) is 0 Å². The van der Waals surface area contributed by atoms with Crippen molar-refractivity contribution in [1.29, 1.82) is 0 Å². The fourth-order valence-electron chi connectivity index (χ4n) is 1.21. The van der Waals surface area contributed by atoms with Crippen molar-refractivity contribution < 1.29 is 23.9 Å². The number of rotatable bonds is 6. The highest BCUT2D eigenvalue weighted by molar-refractivity contribution is 6.29. The van der Waals surface area contributed by atoms with Crippen LogP contribution in [0.15, 0.2) is 16.5 Å². The van der Waals surface area contributed by atoms with Gasteiger partial charge in [0.2, 0.25) is 5.91 Å². The van der Waals surface area contributed by atoms with Gasteiger partial charge in [0.25, 0.3) is 5.91 Å². The van der Waals surface area contributed by atoms with Crippen LogP contribution in [0.2, 0.25) is 5.22 Å². The number of carboxylic acids is 1. The van der Waals surface area contributed by atoms with Crippen LogP contribution in [0.1, 0.15) is 23.4 Å². The molecule has 18 heavy (non-hydrogen) atoms. The molecule has 0 aromatic carbocycles. The third-order valence-corrected chi connectivity index (χ3v) is 2.28. The number of halogens is 1. The number of carbonyl (C=O) groups excluding carboxylic acids is 2. The highest BCUT2D eigenvalue weighted by Crippen LogP contribution is 2.13.